The van der Waals surface area contributed by atoms with E-state index in [1.54, 1.807) is 11.8 Å². The van der Waals surface area contributed by atoms with Crippen molar-refractivity contribution in [3.8, 4) is 17.2 Å². The molecule has 2 aromatic rings. The Morgan fingerprint density at radius 1 is 1.32 bits per heavy atom. The molecular formula is C17H15N3O5. The van der Waals surface area contributed by atoms with Crippen LogP contribution in [0.15, 0.2) is 29.6 Å². The van der Waals surface area contributed by atoms with Gasteiger partial charge in [0.05, 0.1) is 35.7 Å². The van der Waals surface area contributed by atoms with Crippen molar-refractivity contribution in [2.24, 2.45) is 7.05 Å². The molecule has 3 aliphatic rings. The first-order valence-electron chi connectivity index (χ1n) is 7.84. The molecule has 25 heavy (non-hydrogen) atoms. The molecule has 1 atom stereocenters. The number of benzene rings is 1. The molecular weight excluding hydrogens is 326 g/mol. The van der Waals surface area contributed by atoms with Gasteiger partial charge >= 0.3 is 5.97 Å². The molecule has 0 saturated heterocycles. The molecule has 1 unspecified atom stereocenters. The molecule has 1 aromatic heterocycles. The lowest BCUT2D eigenvalue weighted by Gasteiger charge is -2.23. The zero-order chi connectivity index (χ0) is 17.1. The van der Waals surface area contributed by atoms with Crippen molar-refractivity contribution in [3.05, 3.63) is 40.9 Å². The van der Waals surface area contributed by atoms with E-state index in [4.69, 9.17) is 18.9 Å². The quantitative estimate of drug-likeness (QED) is 0.829. The van der Waals surface area contributed by atoms with E-state index >= 15 is 0 Å². The summed E-state index contributed by atoms with van der Waals surface area (Å²) in [4.78, 5) is 12.4. The first-order chi connectivity index (χ1) is 12.2. The van der Waals surface area contributed by atoms with Gasteiger partial charge in [-0.25, -0.2) is 4.79 Å². The van der Waals surface area contributed by atoms with Crippen LogP contribution in [0.2, 0.25) is 0 Å². The van der Waals surface area contributed by atoms with E-state index in [1.165, 1.54) is 0 Å². The molecule has 0 fully saturated rings. The molecule has 0 amide bonds. The van der Waals surface area contributed by atoms with Crippen molar-refractivity contribution in [1.82, 2.24) is 9.78 Å². The standard InChI is InChI=1S/C17H15N3O5/c1-20-5-9-15(19-20)13(14-10(18-9)6-23-17(14)21)8-3-11(22-2)16-12(4-8)24-7-25-16/h3-5,13,18H,6-7H2,1-2H3. The minimum absolute atomic E-state index is 0.145. The topological polar surface area (TPSA) is 83.8 Å². The van der Waals surface area contributed by atoms with E-state index in [2.05, 4.69) is 10.4 Å². The molecule has 0 radical (unpaired) electrons. The summed E-state index contributed by atoms with van der Waals surface area (Å²) in [6, 6.07) is 3.73. The third-order valence-corrected chi connectivity index (χ3v) is 4.61. The number of anilines is 1. The number of cyclic esters (lactones) is 1. The Bertz CT molecular complexity index is 946. The molecule has 3 aliphatic heterocycles. The van der Waals surface area contributed by atoms with Gasteiger partial charge in [0.2, 0.25) is 12.5 Å². The second kappa shape index (κ2) is 4.92. The largest absolute Gasteiger partial charge is 0.493 e. The number of rotatable bonds is 2. The zero-order valence-corrected chi connectivity index (χ0v) is 13.7. The number of hydrogen-bond donors (Lipinski definition) is 1. The van der Waals surface area contributed by atoms with Crippen LogP contribution in [0.5, 0.6) is 17.2 Å². The number of nitrogens with zero attached hydrogens (tertiary/aromatic N) is 2. The second-order valence-electron chi connectivity index (χ2n) is 6.09. The molecule has 4 heterocycles. The van der Waals surface area contributed by atoms with Crippen molar-refractivity contribution in [2.45, 2.75) is 5.92 Å². The Labute approximate surface area is 142 Å². The summed E-state index contributed by atoms with van der Waals surface area (Å²) < 4.78 is 23.4. The Morgan fingerprint density at radius 2 is 2.20 bits per heavy atom. The van der Waals surface area contributed by atoms with Gasteiger partial charge in [-0.15, -0.1) is 0 Å². The molecule has 8 heteroatoms. The van der Waals surface area contributed by atoms with Crippen LogP contribution in [0.1, 0.15) is 17.2 Å². The normalized spacial score (nSPS) is 20.1. The fourth-order valence-electron chi connectivity index (χ4n) is 3.57. The summed E-state index contributed by atoms with van der Waals surface area (Å²) in [5.74, 6) is 1.05. The fourth-order valence-corrected chi connectivity index (χ4v) is 3.57. The first kappa shape index (κ1) is 14.2. The summed E-state index contributed by atoms with van der Waals surface area (Å²) in [7, 11) is 3.42. The number of hydrogen-bond acceptors (Lipinski definition) is 7. The Kier molecular flexibility index (Phi) is 2.79. The van der Waals surface area contributed by atoms with Gasteiger partial charge in [-0.05, 0) is 17.7 Å². The lowest BCUT2D eigenvalue weighted by molar-refractivity contribution is -0.136. The number of fused-ring (bicyclic) bond motifs is 2. The molecule has 8 nitrogen and oxygen atoms in total. The number of aryl methyl sites for hydroxylation is 1. The number of ether oxygens (including phenoxy) is 4. The summed E-state index contributed by atoms with van der Waals surface area (Å²) >= 11 is 0. The van der Waals surface area contributed by atoms with Crippen LogP contribution in [0.25, 0.3) is 0 Å². The van der Waals surface area contributed by atoms with Crippen molar-refractivity contribution in [2.75, 3.05) is 25.8 Å². The molecule has 0 spiro atoms. The summed E-state index contributed by atoms with van der Waals surface area (Å²) in [5.41, 5.74) is 3.82. The number of aromatic nitrogens is 2. The van der Waals surface area contributed by atoms with E-state index in [0.717, 1.165) is 22.6 Å². The number of esters is 1. The Hall–Kier alpha value is -3.16. The number of nitrogens with one attached hydrogen (secondary N) is 1. The van der Waals surface area contributed by atoms with E-state index < -0.39 is 0 Å². The molecule has 128 valence electrons. The van der Waals surface area contributed by atoms with Crippen LogP contribution in [0, 0.1) is 0 Å². The van der Waals surface area contributed by atoms with Gasteiger partial charge in [0.15, 0.2) is 11.5 Å². The zero-order valence-electron chi connectivity index (χ0n) is 13.7. The maximum Gasteiger partial charge on any atom is 0.337 e. The average molecular weight is 341 g/mol. The first-order valence-corrected chi connectivity index (χ1v) is 7.84. The average Bonchev–Trinajstić information content (AvgIpc) is 3.30. The highest BCUT2D eigenvalue weighted by molar-refractivity contribution is 5.97. The van der Waals surface area contributed by atoms with Gasteiger partial charge in [-0.1, -0.05) is 0 Å². The van der Waals surface area contributed by atoms with E-state index in [9.17, 15) is 4.79 Å². The molecule has 1 aromatic carbocycles. The highest BCUT2D eigenvalue weighted by Gasteiger charge is 2.41. The van der Waals surface area contributed by atoms with Gasteiger partial charge in [0.1, 0.15) is 6.61 Å². The number of carbonyl (C=O) groups excluding carboxylic acids is 1. The van der Waals surface area contributed by atoms with E-state index in [1.807, 2.05) is 25.4 Å². The van der Waals surface area contributed by atoms with Crippen LogP contribution in [-0.4, -0.2) is 36.3 Å². The number of methoxy groups -OCH3 is 1. The summed E-state index contributed by atoms with van der Waals surface area (Å²) in [6.45, 7) is 0.382. The van der Waals surface area contributed by atoms with E-state index in [0.29, 0.717) is 22.8 Å². The molecule has 0 bridgehead atoms. The second-order valence-corrected chi connectivity index (χ2v) is 6.09. The van der Waals surface area contributed by atoms with Crippen LogP contribution in [-0.2, 0) is 16.6 Å². The smallest absolute Gasteiger partial charge is 0.337 e. The lowest BCUT2D eigenvalue weighted by atomic mass is 9.84. The predicted octanol–water partition coefficient (Wildman–Crippen LogP) is 1.53. The lowest BCUT2D eigenvalue weighted by Crippen LogP contribution is -2.19. The van der Waals surface area contributed by atoms with Crippen LogP contribution in [0.3, 0.4) is 0 Å². The SMILES string of the molecule is COc1cc(C2C3=C(COC3=O)Nc3cn(C)nc32)cc2c1OCO2. The van der Waals surface area contributed by atoms with Gasteiger partial charge in [-0.2, -0.15) is 5.10 Å². The number of carbonyl (C=O) groups is 1. The minimum atomic E-state index is -0.356. The van der Waals surface area contributed by atoms with Crippen LogP contribution in [0.4, 0.5) is 5.69 Å². The van der Waals surface area contributed by atoms with Crippen molar-refractivity contribution in [3.63, 3.8) is 0 Å². The maximum absolute atomic E-state index is 12.4. The molecule has 0 aliphatic carbocycles. The van der Waals surface area contributed by atoms with Gasteiger partial charge < -0.3 is 24.3 Å². The van der Waals surface area contributed by atoms with Gasteiger partial charge in [0, 0.05) is 13.2 Å². The maximum atomic E-state index is 12.4. The predicted molar refractivity (Wildman–Crippen MR) is 85.8 cm³/mol. The summed E-state index contributed by atoms with van der Waals surface area (Å²) in [6.07, 6.45) is 1.89. The Morgan fingerprint density at radius 3 is 3.04 bits per heavy atom. The molecule has 0 saturated carbocycles. The van der Waals surface area contributed by atoms with Gasteiger partial charge in [-0.3, -0.25) is 4.68 Å². The third kappa shape index (κ3) is 1.93. The van der Waals surface area contributed by atoms with Crippen molar-refractivity contribution in [1.29, 1.82) is 0 Å². The minimum Gasteiger partial charge on any atom is -0.493 e. The van der Waals surface area contributed by atoms with Crippen molar-refractivity contribution >= 4 is 11.7 Å². The fraction of sp³-hybridized carbons (Fsp3) is 0.294. The third-order valence-electron chi connectivity index (χ3n) is 4.61. The highest BCUT2D eigenvalue weighted by atomic mass is 16.7. The van der Waals surface area contributed by atoms with Gasteiger partial charge in [0.25, 0.3) is 0 Å². The highest BCUT2D eigenvalue weighted by Crippen LogP contribution is 2.49. The van der Waals surface area contributed by atoms with Crippen LogP contribution < -0.4 is 19.5 Å². The van der Waals surface area contributed by atoms with Crippen molar-refractivity contribution < 1.29 is 23.7 Å². The summed E-state index contributed by atoms with van der Waals surface area (Å²) in [5, 5.41) is 7.81. The van der Waals surface area contributed by atoms with Crippen LogP contribution >= 0.6 is 0 Å². The van der Waals surface area contributed by atoms with E-state index in [-0.39, 0.29) is 25.3 Å². The monoisotopic (exact) mass is 341 g/mol. The molecule has 1 N–H and O–H groups in total. The Balaban J connectivity index is 1.73. The molecule has 5 rings (SSSR count).